The lowest BCUT2D eigenvalue weighted by Gasteiger charge is -2.16. The van der Waals surface area contributed by atoms with Crippen LogP contribution in [0.15, 0.2) is 59.5 Å². The third kappa shape index (κ3) is 5.23. The second-order valence-corrected chi connectivity index (χ2v) is 9.60. The highest BCUT2D eigenvalue weighted by molar-refractivity contribution is 7.90. The molecule has 7 heteroatoms. The minimum atomic E-state index is -3.29. The summed E-state index contributed by atoms with van der Waals surface area (Å²) < 4.78 is 44.9. The first-order chi connectivity index (χ1) is 14.8. The van der Waals surface area contributed by atoms with Gasteiger partial charge in [-0.2, -0.15) is 0 Å². The lowest BCUT2D eigenvalue weighted by Crippen LogP contribution is -2.10. The molecule has 0 aliphatic heterocycles. The summed E-state index contributed by atoms with van der Waals surface area (Å²) in [5.41, 5.74) is 4.68. The third-order valence-corrected chi connectivity index (χ3v) is 6.57. The number of hydrogen-bond donors (Lipinski definition) is 1. The van der Waals surface area contributed by atoms with Crippen molar-refractivity contribution in [3.63, 3.8) is 0 Å². The topological polar surface area (TPSA) is 68.5 Å². The van der Waals surface area contributed by atoms with E-state index in [1.165, 1.54) is 18.4 Å². The smallest absolute Gasteiger partial charge is 0.175 e. The molecule has 31 heavy (non-hydrogen) atoms. The van der Waals surface area contributed by atoms with Gasteiger partial charge in [0.05, 0.1) is 30.4 Å². The molecule has 0 aliphatic rings. The third-order valence-electron chi connectivity index (χ3n) is 5.44. The maximum atomic E-state index is 13.5. The quantitative estimate of drug-likeness (QED) is 0.493. The average Bonchev–Trinajstić information content (AvgIpc) is 3.08. The van der Waals surface area contributed by atoms with Crippen LogP contribution < -0.4 is 0 Å². The number of rotatable bonds is 9. The Morgan fingerprint density at radius 2 is 1.74 bits per heavy atom. The maximum Gasteiger partial charge on any atom is 0.175 e. The first kappa shape index (κ1) is 23.2. The van der Waals surface area contributed by atoms with Crippen molar-refractivity contribution in [3.05, 3.63) is 71.7 Å². The molecule has 1 aromatic heterocycles. The number of ether oxygens (including phenoxy) is 1. The van der Waals surface area contributed by atoms with E-state index in [1.807, 2.05) is 6.92 Å². The van der Waals surface area contributed by atoms with Crippen LogP contribution in [-0.2, 0) is 14.6 Å². The zero-order valence-electron chi connectivity index (χ0n) is 18.0. The maximum absolute atomic E-state index is 13.5. The number of benzene rings is 2. The Morgan fingerprint density at radius 3 is 2.29 bits per heavy atom. The summed E-state index contributed by atoms with van der Waals surface area (Å²) in [6, 6.07) is 15.2. The highest BCUT2D eigenvalue weighted by Gasteiger charge is 2.21. The summed E-state index contributed by atoms with van der Waals surface area (Å²) in [5.74, 6) is -0.182. The van der Waals surface area contributed by atoms with E-state index in [-0.39, 0.29) is 29.8 Å². The molecule has 0 radical (unpaired) electrons. The largest absolute Gasteiger partial charge is 0.394 e. The van der Waals surface area contributed by atoms with Crippen LogP contribution >= 0.6 is 0 Å². The summed E-state index contributed by atoms with van der Waals surface area (Å²) in [5, 5.41) is 9.02. The van der Waals surface area contributed by atoms with E-state index in [0.717, 1.165) is 34.6 Å². The van der Waals surface area contributed by atoms with Crippen molar-refractivity contribution >= 4 is 9.84 Å². The molecule has 1 unspecified atom stereocenters. The van der Waals surface area contributed by atoms with E-state index in [0.29, 0.717) is 6.61 Å². The Bertz CT molecular complexity index is 1120. The van der Waals surface area contributed by atoms with Crippen molar-refractivity contribution in [3.8, 4) is 16.9 Å². The lowest BCUT2D eigenvalue weighted by molar-refractivity contribution is 0.0815. The van der Waals surface area contributed by atoms with Gasteiger partial charge in [-0.15, -0.1) is 0 Å². The normalized spacial score (nSPS) is 12.8. The minimum absolute atomic E-state index is 0.0239. The molecule has 0 amide bonds. The number of sulfone groups is 1. The highest BCUT2D eigenvalue weighted by atomic mass is 32.2. The van der Waals surface area contributed by atoms with Crippen LogP contribution in [0.3, 0.4) is 0 Å². The zero-order valence-corrected chi connectivity index (χ0v) is 18.8. The second-order valence-electron chi connectivity index (χ2n) is 7.58. The number of aliphatic hydroxyl groups is 1. The van der Waals surface area contributed by atoms with E-state index < -0.39 is 9.84 Å². The molecule has 1 N–H and O–H groups in total. The van der Waals surface area contributed by atoms with Crippen molar-refractivity contribution in [1.82, 2.24) is 4.57 Å². The van der Waals surface area contributed by atoms with Crippen LogP contribution in [0.4, 0.5) is 4.39 Å². The Kier molecular flexibility index (Phi) is 7.30. The SMILES string of the molecule is CCC(COCCO)c1cc(-c2ccc(S(C)(=O)=O)cc2)n(-c2ccc(F)cc2)c1C. The predicted molar refractivity (Wildman–Crippen MR) is 120 cm³/mol. The number of aromatic nitrogens is 1. The highest BCUT2D eigenvalue weighted by Crippen LogP contribution is 2.35. The van der Waals surface area contributed by atoms with E-state index in [1.54, 1.807) is 36.4 Å². The molecule has 0 saturated carbocycles. The Hall–Kier alpha value is -2.48. The van der Waals surface area contributed by atoms with Crippen molar-refractivity contribution < 1.29 is 22.7 Å². The van der Waals surface area contributed by atoms with Crippen molar-refractivity contribution in [1.29, 1.82) is 0 Å². The molecule has 0 aliphatic carbocycles. The summed E-state index contributed by atoms with van der Waals surface area (Å²) in [4.78, 5) is 0.261. The van der Waals surface area contributed by atoms with Crippen LogP contribution in [0, 0.1) is 12.7 Å². The van der Waals surface area contributed by atoms with Crippen molar-refractivity contribution in [2.45, 2.75) is 31.1 Å². The van der Waals surface area contributed by atoms with E-state index >= 15 is 0 Å². The molecule has 166 valence electrons. The van der Waals surface area contributed by atoms with E-state index in [9.17, 15) is 12.8 Å². The zero-order chi connectivity index (χ0) is 22.6. The summed E-state index contributed by atoms with van der Waals surface area (Å²) in [7, 11) is -3.29. The van der Waals surface area contributed by atoms with Gasteiger partial charge in [-0.25, -0.2) is 12.8 Å². The van der Waals surface area contributed by atoms with Crippen LogP contribution in [0.25, 0.3) is 16.9 Å². The lowest BCUT2D eigenvalue weighted by atomic mass is 9.97. The molecule has 0 saturated heterocycles. The van der Waals surface area contributed by atoms with Crippen LogP contribution in [0.1, 0.15) is 30.5 Å². The predicted octanol–water partition coefficient (Wildman–Crippen LogP) is 4.50. The van der Waals surface area contributed by atoms with Crippen molar-refractivity contribution in [2.75, 3.05) is 26.1 Å². The molecule has 3 aromatic rings. The van der Waals surface area contributed by atoms with Crippen LogP contribution in [0.2, 0.25) is 0 Å². The number of nitrogens with zero attached hydrogens (tertiary/aromatic N) is 1. The first-order valence-electron chi connectivity index (χ1n) is 10.2. The molecule has 3 rings (SSSR count). The summed E-state index contributed by atoms with van der Waals surface area (Å²) in [6.07, 6.45) is 2.04. The van der Waals surface area contributed by atoms with Gasteiger partial charge in [-0.3, -0.25) is 0 Å². The fourth-order valence-electron chi connectivity index (χ4n) is 3.77. The first-order valence-corrected chi connectivity index (χ1v) is 12.1. The molecular formula is C24H28FNO4S. The monoisotopic (exact) mass is 445 g/mol. The molecule has 2 aromatic carbocycles. The fraction of sp³-hybridized carbons (Fsp3) is 0.333. The van der Waals surface area contributed by atoms with E-state index in [4.69, 9.17) is 9.84 Å². The Morgan fingerprint density at radius 1 is 1.10 bits per heavy atom. The number of aliphatic hydroxyl groups excluding tert-OH is 1. The molecule has 1 heterocycles. The van der Waals surface area contributed by atoms with Gasteiger partial charge in [0.15, 0.2) is 9.84 Å². The molecule has 0 fully saturated rings. The fourth-order valence-corrected chi connectivity index (χ4v) is 4.40. The van der Waals surface area contributed by atoms with Gasteiger partial charge in [-0.05, 0) is 66.9 Å². The number of hydrogen-bond acceptors (Lipinski definition) is 4. The van der Waals surface area contributed by atoms with Gasteiger partial charge in [-0.1, -0.05) is 19.1 Å². The number of halogens is 1. The standard InChI is InChI=1S/C24H28FNO4S/c1-4-18(16-30-14-13-27)23-15-24(19-5-11-22(12-6-19)31(3,28)29)26(17(23)2)21-9-7-20(25)8-10-21/h5-12,15,18,27H,4,13-14,16H2,1-3H3. The molecular weight excluding hydrogens is 417 g/mol. The second kappa shape index (κ2) is 9.77. The van der Waals surface area contributed by atoms with E-state index in [2.05, 4.69) is 17.6 Å². The van der Waals surface area contributed by atoms with Gasteiger partial charge in [0, 0.05) is 23.6 Å². The van der Waals surface area contributed by atoms with Gasteiger partial charge >= 0.3 is 0 Å². The molecule has 1 atom stereocenters. The molecule has 0 bridgehead atoms. The van der Waals surface area contributed by atoms with Crippen molar-refractivity contribution in [2.24, 2.45) is 0 Å². The van der Waals surface area contributed by atoms with Gasteiger partial charge in [0.25, 0.3) is 0 Å². The summed E-state index contributed by atoms with van der Waals surface area (Å²) in [6.45, 7) is 4.85. The molecule has 0 spiro atoms. The van der Waals surface area contributed by atoms with Gasteiger partial charge in [0.2, 0.25) is 0 Å². The van der Waals surface area contributed by atoms with Crippen LogP contribution in [0.5, 0.6) is 0 Å². The summed E-state index contributed by atoms with van der Waals surface area (Å²) >= 11 is 0. The Balaban J connectivity index is 2.13. The minimum Gasteiger partial charge on any atom is -0.394 e. The molecule has 5 nitrogen and oxygen atoms in total. The Labute approximate surface area is 183 Å². The van der Waals surface area contributed by atoms with Crippen LogP contribution in [-0.4, -0.2) is 44.2 Å². The van der Waals surface area contributed by atoms with Gasteiger partial charge in [0.1, 0.15) is 5.82 Å². The average molecular weight is 446 g/mol. The van der Waals surface area contributed by atoms with Gasteiger partial charge < -0.3 is 14.4 Å².